The first-order valence-electron chi connectivity index (χ1n) is 5.03. The lowest BCUT2D eigenvalue weighted by Gasteiger charge is -2.02. The molecular formula is C11H14N4O. The highest BCUT2D eigenvalue weighted by Crippen LogP contribution is 2.15. The summed E-state index contributed by atoms with van der Waals surface area (Å²) in [5.74, 6) is 0.816. The molecule has 1 heterocycles. The lowest BCUT2D eigenvalue weighted by molar-refractivity contribution is 0.414. The Labute approximate surface area is 93.8 Å². The quantitative estimate of drug-likeness (QED) is 0.843. The van der Waals surface area contributed by atoms with Crippen LogP contribution in [0.2, 0.25) is 0 Å². The minimum Gasteiger partial charge on any atom is -0.497 e. The highest BCUT2D eigenvalue weighted by Gasteiger charge is 2.06. The van der Waals surface area contributed by atoms with E-state index in [1.54, 1.807) is 11.8 Å². The van der Waals surface area contributed by atoms with E-state index in [4.69, 9.17) is 10.5 Å². The second kappa shape index (κ2) is 4.32. The monoisotopic (exact) mass is 218 g/mol. The molecule has 2 rings (SSSR count). The van der Waals surface area contributed by atoms with E-state index in [1.165, 1.54) is 0 Å². The van der Waals surface area contributed by atoms with Crippen LogP contribution in [0.1, 0.15) is 18.7 Å². The summed E-state index contributed by atoms with van der Waals surface area (Å²) >= 11 is 0. The summed E-state index contributed by atoms with van der Waals surface area (Å²) in [4.78, 5) is 0. The third-order valence-electron chi connectivity index (χ3n) is 2.31. The molecule has 0 saturated carbocycles. The van der Waals surface area contributed by atoms with Crippen molar-refractivity contribution in [2.75, 3.05) is 7.11 Å². The number of hydrogen-bond donors (Lipinski definition) is 1. The smallest absolute Gasteiger partial charge is 0.119 e. The van der Waals surface area contributed by atoms with E-state index in [-0.39, 0.29) is 6.04 Å². The average Bonchev–Trinajstić information content (AvgIpc) is 2.78. The van der Waals surface area contributed by atoms with Gasteiger partial charge in [0, 0.05) is 6.04 Å². The van der Waals surface area contributed by atoms with Gasteiger partial charge in [-0.2, -0.15) is 0 Å². The van der Waals surface area contributed by atoms with E-state index in [1.807, 2.05) is 37.4 Å². The maximum atomic E-state index is 5.71. The number of nitrogens with two attached hydrogens (primary N) is 1. The van der Waals surface area contributed by atoms with Gasteiger partial charge in [0.2, 0.25) is 0 Å². The van der Waals surface area contributed by atoms with Crippen molar-refractivity contribution in [1.29, 1.82) is 0 Å². The van der Waals surface area contributed by atoms with Gasteiger partial charge < -0.3 is 10.5 Å². The summed E-state index contributed by atoms with van der Waals surface area (Å²) in [6, 6.07) is 7.48. The SMILES string of the molecule is COc1ccc(-n2cc(C(C)N)nn2)cc1. The molecule has 0 aliphatic heterocycles. The Morgan fingerprint density at radius 1 is 1.31 bits per heavy atom. The molecule has 0 fully saturated rings. The lowest BCUT2D eigenvalue weighted by atomic mass is 10.3. The number of methoxy groups -OCH3 is 1. The fraction of sp³-hybridized carbons (Fsp3) is 0.273. The normalized spacial score (nSPS) is 12.4. The minimum absolute atomic E-state index is 0.105. The molecule has 0 radical (unpaired) electrons. The van der Waals surface area contributed by atoms with Crippen molar-refractivity contribution in [2.24, 2.45) is 5.73 Å². The van der Waals surface area contributed by atoms with Gasteiger partial charge in [0.05, 0.1) is 24.7 Å². The Bertz CT molecular complexity index is 461. The Morgan fingerprint density at radius 3 is 2.50 bits per heavy atom. The van der Waals surface area contributed by atoms with Crippen LogP contribution in [-0.2, 0) is 0 Å². The molecule has 0 bridgehead atoms. The largest absolute Gasteiger partial charge is 0.497 e. The maximum absolute atomic E-state index is 5.71. The van der Waals surface area contributed by atoms with E-state index >= 15 is 0 Å². The van der Waals surface area contributed by atoms with Gasteiger partial charge in [-0.3, -0.25) is 0 Å². The van der Waals surface area contributed by atoms with Gasteiger partial charge >= 0.3 is 0 Å². The van der Waals surface area contributed by atoms with Crippen LogP contribution in [-0.4, -0.2) is 22.1 Å². The number of rotatable bonds is 3. The average molecular weight is 218 g/mol. The van der Waals surface area contributed by atoms with Crippen molar-refractivity contribution in [3.63, 3.8) is 0 Å². The molecule has 1 atom stereocenters. The van der Waals surface area contributed by atoms with Crippen LogP contribution >= 0.6 is 0 Å². The van der Waals surface area contributed by atoms with Gasteiger partial charge in [-0.1, -0.05) is 5.21 Å². The predicted molar refractivity (Wildman–Crippen MR) is 60.5 cm³/mol. The zero-order valence-corrected chi connectivity index (χ0v) is 9.29. The zero-order valence-electron chi connectivity index (χ0n) is 9.29. The second-order valence-electron chi connectivity index (χ2n) is 3.57. The van der Waals surface area contributed by atoms with E-state index < -0.39 is 0 Å². The molecule has 0 aliphatic carbocycles. The molecule has 1 aromatic carbocycles. The lowest BCUT2D eigenvalue weighted by Crippen LogP contribution is -2.04. The van der Waals surface area contributed by atoms with Crippen LogP contribution in [0, 0.1) is 0 Å². The molecule has 2 aromatic rings. The van der Waals surface area contributed by atoms with Crippen LogP contribution in [0.5, 0.6) is 5.75 Å². The van der Waals surface area contributed by atoms with Gasteiger partial charge in [0.15, 0.2) is 0 Å². The van der Waals surface area contributed by atoms with Gasteiger partial charge in [-0.05, 0) is 31.2 Å². The van der Waals surface area contributed by atoms with Crippen molar-refractivity contribution in [3.8, 4) is 11.4 Å². The number of benzene rings is 1. The highest BCUT2D eigenvalue weighted by atomic mass is 16.5. The Balaban J connectivity index is 2.28. The van der Waals surface area contributed by atoms with Crippen LogP contribution in [0.4, 0.5) is 0 Å². The summed E-state index contributed by atoms with van der Waals surface area (Å²) < 4.78 is 6.78. The van der Waals surface area contributed by atoms with Crippen LogP contribution < -0.4 is 10.5 Å². The van der Waals surface area contributed by atoms with Crippen LogP contribution in [0.15, 0.2) is 30.5 Å². The molecule has 5 heteroatoms. The fourth-order valence-electron chi connectivity index (χ4n) is 1.35. The Kier molecular flexibility index (Phi) is 2.87. The number of aromatic nitrogens is 3. The molecule has 84 valence electrons. The van der Waals surface area contributed by atoms with Crippen molar-refractivity contribution in [1.82, 2.24) is 15.0 Å². The summed E-state index contributed by atoms with van der Waals surface area (Å²) in [5, 5.41) is 8.00. The molecule has 1 unspecified atom stereocenters. The second-order valence-corrected chi connectivity index (χ2v) is 3.57. The highest BCUT2D eigenvalue weighted by molar-refractivity contribution is 5.36. The summed E-state index contributed by atoms with van der Waals surface area (Å²) in [5.41, 5.74) is 7.42. The molecule has 2 N–H and O–H groups in total. The standard InChI is InChI=1S/C11H14N4O/c1-8(12)11-7-15(14-13-11)9-3-5-10(16-2)6-4-9/h3-8H,12H2,1-2H3. The zero-order chi connectivity index (χ0) is 11.5. The summed E-state index contributed by atoms with van der Waals surface area (Å²) in [7, 11) is 1.64. The number of hydrogen-bond acceptors (Lipinski definition) is 4. The molecule has 0 aliphatic rings. The van der Waals surface area contributed by atoms with E-state index in [9.17, 15) is 0 Å². The Morgan fingerprint density at radius 2 is 2.00 bits per heavy atom. The molecule has 5 nitrogen and oxygen atoms in total. The molecular weight excluding hydrogens is 204 g/mol. The van der Waals surface area contributed by atoms with Crippen molar-refractivity contribution in [2.45, 2.75) is 13.0 Å². The molecule has 16 heavy (non-hydrogen) atoms. The van der Waals surface area contributed by atoms with Crippen LogP contribution in [0.3, 0.4) is 0 Å². The van der Waals surface area contributed by atoms with Gasteiger partial charge in [-0.15, -0.1) is 5.10 Å². The van der Waals surface area contributed by atoms with E-state index in [2.05, 4.69) is 10.3 Å². The molecule has 0 spiro atoms. The predicted octanol–water partition coefficient (Wildman–Crippen LogP) is 1.30. The minimum atomic E-state index is -0.105. The molecule has 1 aromatic heterocycles. The third-order valence-corrected chi connectivity index (χ3v) is 2.31. The van der Waals surface area contributed by atoms with E-state index in [0.29, 0.717) is 0 Å². The topological polar surface area (TPSA) is 66.0 Å². The summed E-state index contributed by atoms with van der Waals surface area (Å²) in [6.07, 6.45) is 1.83. The fourth-order valence-corrected chi connectivity index (χ4v) is 1.35. The first-order chi connectivity index (χ1) is 7.70. The van der Waals surface area contributed by atoms with Crippen molar-refractivity contribution >= 4 is 0 Å². The van der Waals surface area contributed by atoms with Crippen molar-refractivity contribution in [3.05, 3.63) is 36.2 Å². The maximum Gasteiger partial charge on any atom is 0.119 e. The molecule has 0 saturated heterocycles. The van der Waals surface area contributed by atoms with Gasteiger partial charge in [0.1, 0.15) is 5.75 Å². The third kappa shape index (κ3) is 2.04. The number of nitrogens with zero attached hydrogens (tertiary/aromatic N) is 3. The van der Waals surface area contributed by atoms with Crippen LogP contribution in [0.25, 0.3) is 5.69 Å². The molecule has 0 amide bonds. The van der Waals surface area contributed by atoms with Gasteiger partial charge in [-0.25, -0.2) is 4.68 Å². The summed E-state index contributed by atoms with van der Waals surface area (Å²) in [6.45, 7) is 1.88. The van der Waals surface area contributed by atoms with Gasteiger partial charge in [0.25, 0.3) is 0 Å². The Hall–Kier alpha value is -1.88. The number of ether oxygens (including phenoxy) is 1. The first-order valence-corrected chi connectivity index (χ1v) is 5.03. The van der Waals surface area contributed by atoms with E-state index in [0.717, 1.165) is 17.1 Å². The van der Waals surface area contributed by atoms with Crippen molar-refractivity contribution < 1.29 is 4.74 Å². The first kappa shape index (κ1) is 10.6.